The lowest BCUT2D eigenvalue weighted by Gasteiger charge is -2.45. The van der Waals surface area contributed by atoms with E-state index in [0.717, 1.165) is 23.1 Å². The zero-order valence-corrected chi connectivity index (χ0v) is 10.6. The van der Waals surface area contributed by atoms with Gasteiger partial charge < -0.3 is 10.2 Å². The zero-order chi connectivity index (χ0) is 11.8. The Hall–Kier alpha value is -1.16. The minimum atomic E-state index is 0.564. The fraction of sp³-hybridized carbons (Fsp3) is 0.692. The Balaban J connectivity index is 1.72. The van der Waals surface area contributed by atoms with Gasteiger partial charge in [0.2, 0.25) is 0 Å². The molecule has 4 rings (SSSR count). The van der Waals surface area contributed by atoms with E-state index in [1.54, 1.807) is 0 Å². The summed E-state index contributed by atoms with van der Waals surface area (Å²) < 4.78 is 0. The van der Waals surface area contributed by atoms with Crippen LogP contribution in [-0.4, -0.2) is 40.5 Å². The van der Waals surface area contributed by atoms with Crippen LogP contribution in [0.15, 0.2) is 6.20 Å². The molecule has 0 aromatic carbocycles. The van der Waals surface area contributed by atoms with Gasteiger partial charge in [-0.2, -0.15) is 0 Å². The Labute approximate surface area is 102 Å². The SMILES string of the molecule is Cc1ncc(NC2CN3CCC2CC3)nc1C. The number of nitrogens with zero attached hydrogens (tertiary/aromatic N) is 3. The van der Waals surface area contributed by atoms with Gasteiger partial charge in [0.05, 0.1) is 17.6 Å². The first-order valence-corrected chi connectivity index (χ1v) is 6.51. The Morgan fingerprint density at radius 2 is 2.00 bits per heavy atom. The molecule has 17 heavy (non-hydrogen) atoms. The lowest BCUT2D eigenvalue weighted by Crippen LogP contribution is -2.53. The highest BCUT2D eigenvalue weighted by Crippen LogP contribution is 2.29. The van der Waals surface area contributed by atoms with Crippen LogP contribution in [0.5, 0.6) is 0 Å². The van der Waals surface area contributed by atoms with Crippen molar-refractivity contribution in [2.45, 2.75) is 32.7 Å². The van der Waals surface area contributed by atoms with Crippen LogP contribution in [0.4, 0.5) is 5.82 Å². The van der Waals surface area contributed by atoms with E-state index in [0.29, 0.717) is 6.04 Å². The van der Waals surface area contributed by atoms with Crippen LogP contribution < -0.4 is 5.32 Å². The van der Waals surface area contributed by atoms with Crippen molar-refractivity contribution < 1.29 is 0 Å². The number of piperidine rings is 3. The summed E-state index contributed by atoms with van der Waals surface area (Å²) in [4.78, 5) is 11.5. The van der Waals surface area contributed by atoms with Crippen molar-refractivity contribution in [2.75, 3.05) is 25.0 Å². The maximum atomic E-state index is 4.56. The standard InChI is InChI=1S/C13H20N4/c1-9-10(2)15-13(7-14-9)16-12-8-17-5-3-11(12)4-6-17/h7,11-12H,3-6,8H2,1-2H3,(H,15,16). The molecule has 3 saturated heterocycles. The quantitative estimate of drug-likeness (QED) is 0.841. The number of hydrogen-bond donors (Lipinski definition) is 1. The first-order chi connectivity index (χ1) is 8.22. The fourth-order valence-electron chi connectivity index (χ4n) is 2.93. The molecule has 3 fully saturated rings. The summed E-state index contributed by atoms with van der Waals surface area (Å²) in [7, 11) is 0. The van der Waals surface area contributed by atoms with Crippen LogP contribution in [0.3, 0.4) is 0 Å². The summed E-state index contributed by atoms with van der Waals surface area (Å²) >= 11 is 0. The third-order valence-corrected chi connectivity index (χ3v) is 4.18. The maximum absolute atomic E-state index is 4.56. The van der Waals surface area contributed by atoms with E-state index in [4.69, 9.17) is 0 Å². The second-order valence-electron chi connectivity index (χ2n) is 5.31. The molecule has 0 radical (unpaired) electrons. The first-order valence-electron chi connectivity index (χ1n) is 6.51. The largest absolute Gasteiger partial charge is 0.364 e. The van der Waals surface area contributed by atoms with Crippen LogP contribution in [0.2, 0.25) is 0 Å². The minimum absolute atomic E-state index is 0.564. The Morgan fingerprint density at radius 3 is 2.59 bits per heavy atom. The van der Waals surface area contributed by atoms with Crippen molar-refractivity contribution in [1.82, 2.24) is 14.9 Å². The van der Waals surface area contributed by atoms with Crippen LogP contribution >= 0.6 is 0 Å². The number of aromatic nitrogens is 2. The van der Waals surface area contributed by atoms with E-state index in [1.165, 1.54) is 32.5 Å². The molecule has 1 unspecified atom stereocenters. The number of aryl methyl sites for hydroxylation is 2. The number of fused-ring (bicyclic) bond motifs is 3. The Bertz CT molecular complexity index is 410. The van der Waals surface area contributed by atoms with Gasteiger partial charge in [-0.25, -0.2) is 4.98 Å². The lowest BCUT2D eigenvalue weighted by atomic mass is 9.84. The van der Waals surface area contributed by atoms with Crippen molar-refractivity contribution in [3.63, 3.8) is 0 Å². The van der Waals surface area contributed by atoms with Crippen molar-refractivity contribution in [3.05, 3.63) is 17.6 Å². The van der Waals surface area contributed by atoms with Crippen LogP contribution in [0.25, 0.3) is 0 Å². The van der Waals surface area contributed by atoms with Gasteiger partial charge >= 0.3 is 0 Å². The number of hydrogen-bond acceptors (Lipinski definition) is 4. The molecule has 92 valence electrons. The highest BCUT2D eigenvalue weighted by Gasteiger charge is 2.34. The van der Waals surface area contributed by atoms with Gasteiger partial charge in [-0.05, 0) is 45.7 Å². The zero-order valence-electron chi connectivity index (χ0n) is 10.6. The summed E-state index contributed by atoms with van der Waals surface area (Å²) in [6.07, 6.45) is 4.52. The van der Waals surface area contributed by atoms with E-state index in [9.17, 15) is 0 Å². The molecule has 1 aromatic heterocycles. The monoisotopic (exact) mass is 232 g/mol. The third-order valence-electron chi connectivity index (χ3n) is 4.18. The molecule has 4 nitrogen and oxygen atoms in total. The maximum Gasteiger partial charge on any atom is 0.145 e. The lowest BCUT2D eigenvalue weighted by molar-refractivity contribution is 0.0973. The molecule has 0 amide bonds. The minimum Gasteiger partial charge on any atom is -0.364 e. The van der Waals surface area contributed by atoms with Crippen molar-refractivity contribution in [3.8, 4) is 0 Å². The molecule has 1 aromatic rings. The molecule has 3 aliphatic rings. The Morgan fingerprint density at radius 1 is 1.24 bits per heavy atom. The van der Waals surface area contributed by atoms with Crippen LogP contribution in [0.1, 0.15) is 24.2 Å². The van der Waals surface area contributed by atoms with Crippen LogP contribution in [-0.2, 0) is 0 Å². The normalized spacial score (nSPS) is 31.5. The summed E-state index contributed by atoms with van der Waals surface area (Å²) in [5, 5.41) is 3.57. The van der Waals surface area contributed by atoms with E-state index in [-0.39, 0.29) is 0 Å². The van der Waals surface area contributed by atoms with Gasteiger partial charge in [0.15, 0.2) is 0 Å². The van der Waals surface area contributed by atoms with Crippen LogP contribution in [0, 0.1) is 19.8 Å². The van der Waals surface area contributed by atoms with Crippen molar-refractivity contribution >= 4 is 5.82 Å². The molecule has 0 saturated carbocycles. The molecule has 4 heteroatoms. The molecule has 2 bridgehead atoms. The molecule has 3 aliphatic heterocycles. The number of anilines is 1. The molecular formula is C13H20N4. The predicted octanol–water partition coefficient (Wildman–Crippen LogP) is 1.60. The Kier molecular flexibility index (Phi) is 2.74. The average Bonchev–Trinajstić information content (AvgIpc) is 2.35. The summed E-state index contributed by atoms with van der Waals surface area (Å²) in [6, 6.07) is 0.564. The molecule has 0 spiro atoms. The third kappa shape index (κ3) is 2.14. The number of nitrogens with one attached hydrogen (secondary N) is 1. The van der Waals surface area contributed by atoms with E-state index >= 15 is 0 Å². The van der Waals surface area contributed by atoms with Gasteiger partial charge in [-0.15, -0.1) is 0 Å². The van der Waals surface area contributed by atoms with Gasteiger partial charge in [-0.1, -0.05) is 0 Å². The summed E-state index contributed by atoms with van der Waals surface area (Å²) in [5.74, 6) is 1.76. The summed E-state index contributed by atoms with van der Waals surface area (Å²) in [5.41, 5.74) is 2.04. The second-order valence-corrected chi connectivity index (χ2v) is 5.31. The predicted molar refractivity (Wildman–Crippen MR) is 68.1 cm³/mol. The van der Waals surface area contributed by atoms with Gasteiger partial charge in [0.1, 0.15) is 5.82 Å². The highest BCUT2D eigenvalue weighted by atomic mass is 15.2. The molecular weight excluding hydrogens is 212 g/mol. The average molecular weight is 232 g/mol. The summed E-state index contributed by atoms with van der Waals surface area (Å²) in [6.45, 7) is 7.74. The fourth-order valence-corrected chi connectivity index (χ4v) is 2.93. The van der Waals surface area contributed by atoms with Gasteiger partial charge in [-0.3, -0.25) is 4.98 Å². The smallest absolute Gasteiger partial charge is 0.145 e. The van der Waals surface area contributed by atoms with Crippen molar-refractivity contribution in [1.29, 1.82) is 0 Å². The molecule has 0 aliphatic carbocycles. The molecule has 4 heterocycles. The molecule has 1 N–H and O–H groups in total. The first kappa shape index (κ1) is 11.0. The highest BCUT2D eigenvalue weighted by molar-refractivity contribution is 5.35. The number of rotatable bonds is 2. The topological polar surface area (TPSA) is 41.1 Å². The van der Waals surface area contributed by atoms with Gasteiger partial charge in [0, 0.05) is 12.6 Å². The van der Waals surface area contributed by atoms with E-state index in [1.807, 2.05) is 20.0 Å². The van der Waals surface area contributed by atoms with E-state index in [2.05, 4.69) is 20.2 Å². The second kappa shape index (κ2) is 4.26. The van der Waals surface area contributed by atoms with Gasteiger partial charge in [0.25, 0.3) is 0 Å². The van der Waals surface area contributed by atoms with E-state index < -0.39 is 0 Å². The molecule has 1 atom stereocenters. The van der Waals surface area contributed by atoms with Crippen molar-refractivity contribution in [2.24, 2.45) is 5.92 Å².